The van der Waals surface area contributed by atoms with Gasteiger partial charge in [0.1, 0.15) is 5.58 Å². The summed E-state index contributed by atoms with van der Waals surface area (Å²) in [5.41, 5.74) is 0.990. The van der Waals surface area contributed by atoms with Gasteiger partial charge < -0.3 is 9.32 Å². The van der Waals surface area contributed by atoms with Crippen LogP contribution >= 0.6 is 11.8 Å². The van der Waals surface area contributed by atoms with E-state index in [1.54, 1.807) is 0 Å². The number of benzene rings is 1. The summed E-state index contributed by atoms with van der Waals surface area (Å²) in [6.07, 6.45) is 0. The predicted octanol–water partition coefficient (Wildman–Crippen LogP) is 3.32. The number of hydrogen-bond donors (Lipinski definition) is 0. The van der Waals surface area contributed by atoms with E-state index in [0.717, 1.165) is 11.5 Å². The van der Waals surface area contributed by atoms with Crippen LogP contribution in [0.4, 0.5) is 5.88 Å². The summed E-state index contributed by atoms with van der Waals surface area (Å²) in [7, 11) is 2.08. The van der Waals surface area contributed by atoms with Crippen molar-refractivity contribution in [2.45, 2.75) is 17.2 Å². The molecule has 0 saturated carbocycles. The summed E-state index contributed by atoms with van der Waals surface area (Å²) in [6, 6.07) is 8.21. The van der Waals surface area contributed by atoms with Crippen LogP contribution in [0.5, 0.6) is 0 Å². The smallest absolute Gasteiger partial charge is 0.211 e. The van der Waals surface area contributed by atoms with Gasteiger partial charge >= 0.3 is 0 Å². The highest BCUT2D eigenvalue weighted by Crippen LogP contribution is 2.48. The number of hydrogen-bond acceptors (Lipinski definition) is 3. The van der Waals surface area contributed by atoms with Crippen LogP contribution < -0.4 is 4.90 Å². The van der Waals surface area contributed by atoms with E-state index in [4.69, 9.17) is 4.42 Å². The van der Waals surface area contributed by atoms with Crippen molar-refractivity contribution >= 4 is 28.6 Å². The average Bonchev–Trinajstić information content (AvgIpc) is 2.67. The predicted molar refractivity (Wildman–Crippen MR) is 59.9 cm³/mol. The highest BCUT2D eigenvalue weighted by molar-refractivity contribution is 8.00. The Morgan fingerprint density at radius 2 is 2.14 bits per heavy atom. The standard InChI is InChI=1S/C11H11NOS/c1-7-12(2)11-10(14-7)8-5-3-4-6-9(8)13-11/h3-7H,1-2H3. The number of anilines is 1. The molecule has 2 nitrogen and oxygen atoms in total. The third-order valence-corrected chi connectivity index (χ3v) is 3.97. The van der Waals surface area contributed by atoms with Crippen LogP contribution in [0.15, 0.2) is 33.6 Å². The summed E-state index contributed by atoms with van der Waals surface area (Å²) in [5.74, 6) is 1.02. The Kier molecular flexibility index (Phi) is 1.59. The fraction of sp³-hybridized carbons (Fsp3) is 0.273. The first-order chi connectivity index (χ1) is 6.77. The fourth-order valence-corrected chi connectivity index (χ4v) is 2.95. The molecule has 0 radical (unpaired) electrons. The Bertz CT molecular complexity index is 491. The molecule has 2 aromatic rings. The van der Waals surface area contributed by atoms with Gasteiger partial charge in [-0.1, -0.05) is 23.9 Å². The lowest BCUT2D eigenvalue weighted by Crippen LogP contribution is -2.20. The fourth-order valence-electron chi connectivity index (χ4n) is 1.77. The quantitative estimate of drug-likeness (QED) is 0.656. The molecule has 0 saturated heterocycles. The second-order valence-corrected chi connectivity index (χ2v) is 4.89. The van der Waals surface area contributed by atoms with Crippen molar-refractivity contribution in [1.82, 2.24) is 0 Å². The van der Waals surface area contributed by atoms with Crippen LogP contribution in [-0.4, -0.2) is 12.4 Å². The molecule has 72 valence electrons. The summed E-state index contributed by atoms with van der Waals surface area (Å²) < 4.78 is 5.80. The van der Waals surface area contributed by atoms with Crippen molar-refractivity contribution in [2.24, 2.45) is 0 Å². The van der Waals surface area contributed by atoms with Crippen LogP contribution in [0.2, 0.25) is 0 Å². The third-order valence-electron chi connectivity index (χ3n) is 2.69. The number of nitrogens with zero attached hydrogens (tertiary/aromatic N) is 1. The van der Waals surface area contributed by atoms with E-state index < -0.39 is 0 Å². The topological polar surface area (TPSA) is 16.4 Å². The molecule has 0 fully saturated rings. The molecule has 3 heteroatoms. The van der Waals surface area contributed by atoms with E-state index in [0.29, 0.717) is 5.37 Å². The zero-order valence-corrected chi connectivity index (χ0v) is 8.97. The molecule has 1 unspecified atom stereocenters. The molecule has 2 heterocycles. The van der Waals surface area contributed by atoms with Crippen molar-refractivity contribution in [2.75, 3.05) is 11.9 Å². The van der Waals surface area contributed by atoms with Crippen molar-refractivity contribution in [3.8, 4) is 0 Å². The minimum Gasteiger partial charge on any atom is -0.439 e. The largest absolute Gasteiger partial charge is 0.439 e. The number of thioether (sulfide) groups is 1. The van der Waals surface area contributed by atoms with E-state index in [1.165, 1.54) is 10.3 Å². The maximum absolute atomic E-state index is 5.80. The van der Waals surface area contributed by atoms with Gasteiger partial charge in [-0.15, -0.1) is 0 Å². The maximum atomic E-state index is 5.80. The van der Waals surface area contributed by atoms with E-state index in [-0.39, 0.29) is 0 Å². The van der Waals surface area contributed by atoms with Gasteiger partial charge in [0.05, 0.1) is 10.3 Å². The number of fused-ring (bicyclic) bond motifs is 3. The van der Waals surface area contributed by atoms with Gasteiger partial charge in [-0.25, -0.2) is 0 Å². The molecule has 0 amide bonds. The second kappa shape index (κ2) is 2.70. The minimum atomic E-state index is 0.480. The highest BCUT2D eigenvalue weighted by Gasteiger charge is 2.29. The van der Waals surface area contributed by atoms with E-state index in [1.807, 2.05) is 23.9 Å². The lowest BCUT2D eigenvalue weighted by atomic mass is 10.2. The average molecular weight is 205 g/mol. The first-order valence-electron chi connectivity index (χ1n) is 4.68. The van der Waals surface area contributed by atoms with Gasteiger partial charge in [0.2, 0.25) is 5.88 Å². The van der Waals surface area contributed by atoms with Gasteiger partial charge in [-0.2, -0.15) is 0 Å². The van der Waals surface area contributed by atoms with Crippen molar-refractivity contribution in [3.05, 3.63) is 24.3 Å². The molecule has 1 aromatic heterocycles. The molecule has 1 aromatic carbocycles. The third kappa shape index (κ3) is 0.932. The van der Waals surface area contributed by atoms with Gasteiger partial charge in [-0.05, 0) is 19.1 Å². The van der Waals surface area contributed by atoms with Crippen LogP contribution in [-0.2, 0) is 0 Å². The van der Waals surface area contributed by atoms with E-state index >= 15 is 0 Å². The number of para-hydroxylation sites is 1. The summed E-state index contributed by atoms with van der Waals surface area (Å²) >= 11 is 1.87. The SMILES string of the molecule is CC1Sc2c(oc3ccccc23)N1C. The van der Waals surface area contributed by atoms with Gasteiger partial charge in [0.25, 0.3) is 0 Å². The zero-order valence-electron chi connectivity index (χ0n) is 8.15. The molecule has 3 rings (SSSR count). The van der Waals surface area contributed by atoms with Crippen LogP contribution in [0, 0.1) is 0 Å². The molecular weight excluding hydrogens is 194 g/mol. The number of furan rings is 1. The van der Waals surface area contributed by atoms with E-state index in [9.17, 15) is 0 Å². The second-order valence-electron chi connectivity index (χ2n) is 3.56. The molecule has 0 spiro atoms. The molecule has 1 atom stereocenters. The van der Waals surface area contributed by atoms with Gasteiger partial charge in [0, 0.05) is 12.4 Å². The number of rotatable bonds is 0. The molecule has 14 heavy (non-hydrogen) atoms. The van der Waals surface area contributed by atoms with Crippen LogP contribution in [0.25, 0.3) is 11.0 Å². The molecule has 1 aliphatic heterocycles. The van der Waals surface area contributed by atoms with E-state index in [2.05, 4.69) is 31.0 Å². The molecule has 0 N–H and O–H groups in total. The molecular formula is C11H11NOS. The van der Waals surface area contributed by atoms with Crippen LogP contribution in [0.3, 0.4) is 0 Å². The Hall–Kier alpha value is -1.09. The monoisotopic (exact) mass is 205 g/mol. The van der Waals surface area contributed by atoms with Crippen molar-refractivity contribution < 1.29 is 4.42 Å². The van der Waals surface area contributed by atoms with Gasteiger partial charge in [0.15, 0.2) is 0 Å². The van der Waals surface area contributed by atoms with Crippen LogP contribution in [0.1, 0.15) is 6.92 Å². The highest BCUT2D eigenvalue weighted by atomic mass is 32.2. The minimum absolute atomic E-state index is 0.480. The van der Waals surface area contributed by atoms with Gasteiger partial charge in [-0.3, -0.25) is 0 Å². The molecule has 0 aliphatic carbocycles. The van der Waals surface area contributed by atoms with Crippen molar-refractivity contribution in [1.29, 1.82) is 0 Å². The molecule has 1 aliphatic rings. The van der Waals surface area contributed by atoms with Crippen molar-refractivity contribution in [3.63, 3.8) is 0 Å². The zero-order chi connectivity index (χ0) is 9.71. The first-order valence-corrected chi connectivity index (χ1v) is 5.56. The normalized spacial score (nSPS) is 20.4. The lowest BCUT2D eigenvalue weighted by molar-refractivity contribution is 0.594. The maximum Gasteiger partial charge on any atom is 0.211 e. The first kappa shape index (κ1) is 8.24. The molecule has 0 bridgehead atoms. The lowest BCUT2D eigenvalue weighted by Gasteiger charge is -2.14. The Morgan fingerprint density at radius 3 is 3.00 bits per heavy atom. The summed E-state index contributed by atoms with van der Waals surface area (Å²) in [5, 5.41) is 1.72. The summed E-state index contributed by atoms with van der Waals surface area (Å²) in [4.78, 5) is 3.47. The summed E-state index contributed by atoms with van der Waals surface area (Å²) in [6.45, 7) is 2.19. The Morgan fingerprint density at radius 1 is 1.36 bits per heavy atom. The Balaban J connectivity index is 2.31. The Labute approximate surface area is 86.9 Å².